The van der Waals surface area contributed by atoms with Gasteiger partial charge in [0.15, 0.2) is 0 Å². The first-order valence-corrected chi connectivity index (χ1v) is 5.94. The molecular formula is C13H14ClFN2O. The summed E-state index contributed by atoms with van der Waals surface area (Å²) in [6.45, 7) is 1.87. The summed E-state index contributed by atoms with van der Waals surface area (Å²) < 4.78 is 18.6. The Morgan fingerprint density at radius 1 is 1.39 bits per heavy atom. The molecule has 3 nitrogen and oxygen atoms in total. The van der Waals surface area contributed by atoms with E-state index in [0.717, 1.165) is 17.1 Å². The van der Waals surface area contributed by atoms with E-state index in [9.17, 15) is 4.39 Å². The molecule has 1 aromatic carbocycles. The van der Waals surface area contributed by atoms with Gasteiger partial charge < -0.3 is 4.42 Å². The second-order valence-corrected chi connectivity index (χ2v) is 4.53. The first-order chi connectivity index (χ1) is 8.60. The van der Waals surface area contributed by atoms with Crippen LogP contribution in [0.5, 0.6) is 0 Å². The van der Waals surface area contributed by atoms with E-state index in [4.69, 9.17) is 21.9 Å². The van der Waals surface area contributed by atoms with Gasteiger partial charge in [-0.05, 0) is 43.2 Å². The van der Waals surface area contributed by atoms with E-state index in [1.54, 1.807) is 12.1 Å². The van der Waals surface area contributed by atoms with E-state index in [1.165, 1.54) is 6.07 Å². The van der Waals surface area contributed by atoms with E-state index in [-0.39, 0.29) is 11.1 Å². The maximum atomic E-state index is 13.1. The summed E-state index contributed by atoms with van der Waals surface area (Å²) in [6.07, 6.45) is 0.573. The molecule has 0 radical (unpaired) electrons. The lowest BCUT2D eigenvalue weighted by Crippen LogP contribution is -2.29. The topological polar surface area (TPSA) is 51.2 Å². The summed E-state index contributed by atoms with van der Waals surface area (Å²) in [5, 5.41) is 0.110. The fraction of sp³-hybridized carbons (Fsp3) is 0.231. The summed E-state index contributed by atoms with van der Waals surface area (Å²) >= 11 is 5.74. The maximum Gasteiger partial charge on any atom is 0.141 e. The summed E-state index contributed by atoms with van der Waals surface area (Å²) in [7, 11) is 0. The van der Waals surface area contributed by atoms with Crippen LogP contribution in [0.25, 0.3) is 0 Å². The molecule has 2 aromatic rings. The van der Waals surface area contributed by atoms with Gasteiger partial charge in [-0.1, -0.05) is 17.7 Å². The molecule has 96 valence electrons. The minimum atomic E-state index is -0.425. The van der Waals surface area contributed by atoms with Crippen LogP contribution < -0.4 is 11.3 Å². The summed E-state index contributed by atoms with van der Waals surface area (Å²) in [4.78, 5) is 0. The molecule has 0 fully saturated rings. The molecule has 18 heavy (non-hydrogen) atoms. The SMILES string of the molecule is Cc1ccc(C(Cc2ccc(F)c(Cl)c2)NN)o1. The van der Waals surface area contributed by atoms with Crippen LogP contribution in [0.1, 0.15) is 23.1 Å². The molecular weight excluding hydrogens is 255 g/mol. The first-order valence-electron chi connectivity index (χ1n) is 5.56. The second kappa shape index (κ2) is 5.52. The number of halogens is 2. The smallest absolute Gasteiger partial charge is 0.141 e. The second-order valence-electron chi connectivity index (χ2n) is 4.12. The molecule has 3 N–H and O–H groups in total. The fourth-order valence-electron chi connectivity index (χ4n) is 1.78. The molecule has 0 spiro atoms. The number of furan rings is 1. The Morgan fingerprint density at radius 2 is 2.17 bits per heavy atom. The van der Waals surface area contributed by atoms with E-state index in [0.29, 0.717) is 6.42 Å². The van der Waals surface area contributed by atoms with Crippen molar-refractivity contribution in [1.82, 2.24) is 5.43 Å². The molecule has 5 heteroatoms. The summed E-state index contributed by atoms with van der Waals surface area (Å²) in [5.74, 6) is 6.66. The van der Waals surface area contributed by atoms with Gasteiger partial charge in [-0.15, -0.1) is 0 Å². The normalized spacial score (nSPS) is 12.7. The molecule has 0 aliphatic rings. The number of aryl methyl sites for hydroxylation is 1. The highest BCUT2D eigenvalue weighted by molar-refractivity contribution is 6.30. The third-order valence-corrected chi connectivity index (χ3v) is 3.02. The van der Waals surface area contributed by atoms with Crippen LogP contribution in [-0.4, -0.2) is 0 Å². The molecule has 1 unspecified atom stereocenters. The Bertz CT molecular complexity index is 542. The van der Waals surface area contributed by atoms with Gasteiger partial charge in [0.1, 0.15) is 17.3 Å². The lowest BCUT2D eigenvalue weighted by molar-refractivity contribution is 0.403. The number of hydrazine groups is 1. The van der Waals surface area contributed by atoms with E-state index < -0.39 is 5.82 Å². The van der Waals surface area contributed by atoms with Crippen LogP contribution in [0, 0.1) is 12.7 Å². The number of benzene rings is 1. The zero-order valence-corrected chi connectivity index (χ0v) is 10.7. The van der Waals surface area contributed by atoms with Gasteiger partial charge in [-0.2, -0.15) is 0 Å². The third kappa shape index (κ3) is 2.90. The van der Waals surface area contributed by atoms with Crippen LogP contribution in [0.4, 0.5) is 4.39 Å². The standard InChI is InChI=1S/C13H14ClFN2O/c1-8-2-5-13(18-8)12(17-16)7-9-3-4-11(15)10(14)6-9/h2-6,12,17H,7,16H2,1H3. The predicted molar refractivity (Wildman–Crippen MR) is 68.6 cm³/mol. The molecule has 1 aromatic heterocycles. The average Bonchev–Trinajstić information content (AvgIpc) is 2.77. The van der Waals surface area contributed by atoms with Crippen molar-refractivity contribution >= 4 is 11.6 Å². The van der Waals surface area contributed by atoms with Crippen LogP contribution in [0.15, 0.2) is 34.7 Å². The molecule has 2 rings (SSSR count). The van der Waals surface area contributed by atoms with Gasteiger partial charge in [0.25, 0.3) is 0 Å². The third-order valence-electron chi connectivity index (χ3n) is 2.73. The quantitative estimate of drug-likeness (QED) is 0.662. The van der Waals surface area contributed by atoms with Crippen molar-refractivity contribution in [2.75, 3.05) is 0 Å². The Labute approximate surface area is 110 Å². The zero-order chi connectivity index (χ0) is 13.1. The molecule has 0 amide bonds. The van der Waals surface area contributed by atoms with E-state index in [1.807, 2.05) is 19.1 Å². The molecule has 0 saturated carbocycles. The highest BCUT2D eigenvalue weighted by Gasteiger charge is 2.15. The molecule has 0 aliphatic heterocycles. The Balaban J connectivity index is 2.17. The molecule has 0 aliphatic carbocycles. The lowest BCUT2D eigenvalue weighted by atomic mass is 10.0. The van der Waals surface area contributed by atoms with Gasteiger partial charge in [0.2, 0.25) is 0 Å². The largest absolute Gasteiger partial charge is 0.465 e. The Kier molecular flexibility index (Phi) is 4.01. The van der Waals surface area contributed by atoms with Crippen molar-refractivity contribution in [2.24, 2.45) is 5.84 Å². The van der Waals surface area contributed by atoms with Crippen molar-refractivity contribution in [3.63, 3.8) is 0 Å². The first kappa shape index (κ1) is 13.1. The number of rotatable bonds is 4. The zero-order valence-electron chi connectivity index (χ0n) is 9.91. The van der Waals surface area contributed by atoms with Gasteiger partial charge in [-0.25, -0.2) is 9.82 Å². The summed E-state index contributed by atoms with van der Waals surface area (Å²) in [6, 6.07) is 8.19. The minimum Gasteiger partial charge on any atom is -0.465 e. The molecule has 1 atom stereocenters. The Morgan fingerprint density at radius 3 is 2.72 bits per heavy atom. The average molecular weight is 269 g/mol. The van der Waals surface area contributed by atoms with Gasteiger partial charge in [0.05, 0.1) is 11.1 Å². The van der Waals surface area contributed by atoms with Crippen molar-refractivity contribution < 1.29 is 8.81 Å². The number of nitrogens with one attached hydrogen (secondary N) is 1. The van der Waals surface area contributed by atoms with Gasteiger partial charge >= 0.3 is 0 Å². The highest BCUT2D eigenvalue weighted by Crippen LogP contribution is 2.23. The van der Waals surface area contributed by atoms with Crippen LogP contribution >= 0.6 is 11.6 Å². The van der Waals surface area contributed by atoms with E-state index in [2.05, 4.69) is 5.43 Å². The van der Waals surface area contributed by atoms with E-state index >= 15 is 0 Å². The minimum absolute atomic E-state index is 0.110. The summed E-state index contributed by atoms with van der Waals surface area (Å²) in [5.41, 5.74) is 3.57. The highest BCUT2D eigenvalue weighted by atomic mass is 35.5. The van der Waals surface area contributed by atoms with Gasteiger partial charge in [0, 0.05) is 0 Å². The monoisotopic (exact) mass is 268 g/mol. The molecule has 0 bridgehead atoms. The van der Waals surface area contributed by atoms with Crippen molar-refractivity contribution in [3.8, 4) is 0 Å². The Hall–Kier alpha value is -1.36. The predicted octanol–water partition coefficient (Wildman–Crippen LogP) is 3.13. The number of hydrogen-bond acceptors (Lipinski definition) is 3. The fourth-order valence-corrected chi connectivity index (χ4v) is 1.99. The number of nitrogens with two attached hydrogens (primary N) is 1. The molecule has 0 saturated heterocycles. The van der Waals surface area contributed by atoms with Crippen molar-refractivity contribution in [2.45, 2.75) is 19.4 Å². The van der Waals surface area contributed by atoms with Crippen LogP contribution in [0.3, 0.4) is 0 Å². The number of hydrogen-bond donors (Lipinski definition) is 2. The van der Waals surface area contributed by atoms with Crippen molar-refractivity contribution in [1.29, 1.82) is 0 Å². The van der Waals surface area contributed by atoms with Crippen LogP contribution in [-0.2, 0) is 6.42 Å². The van der Waals surface area contributed by atoms with Crippen molar-refractivity contribution in [3.05, 3.63) is 58.3 Å². The maximum absolute atomic E-state index is 13.1. The van der Waals surface area contributed by atoms with Crippen LogP contribution in [0.2, 0.25) is 5.02 Å². The molecule has 1 heterocycles. The lowest BCUT2D eigenvalue weighted by Gasteiger charge is -2.13. The van der Waals surface area contributed by atoms with Gasteiger partial charge in [-0.3, -0.25) is 5.84 Å².